The lowest BCUT2D eigenvalue weighted by molar-refractivity contribution is -0.938. The Kier molecular flexibility index (Phi) is 6.55. The van der Waals surface area contributed by atoms with E-state index in [1.165, 1.54) is 0 Å². The van der Waals surface area contributed by atoms with E-state index in [-0.39, 0.29) is 23.6 Å². The Bertz CT molecular complexity index is 1160. The zero-order chi connectivity index (χ0) is 24.3. The number of ether oxygens (including phenoxy) is 1. The molecule has 0 radical (unpaired) electrons. The summed E-state index contributed by atoms with van der Waals surface area (Å²) in [7, 11) is 0. The number of phenolic OH excluding ortho intramolecular Hbond substituents is 1. The van der Waals surface area contributed by atoms with Crippen LogP contribution in [-0.4, -0.2) is 53.6 Å². The normalized spacial score (nSPS) is 23.9. The largest absolute Gasteiger partial charge is 0.508 e. The summed E-state index contributed by atoms with van der Waals surface area (Å²) >= 11 is 0. The summed E-state index contributed by atoms with van der Waals surface area (Å²) in [5.41, 5.74) is 2.32. The van der Waals surface area contributed by atoms with Gasteiger partial charge in [0, 0.05) is 30.0 Å². The van der Waals surface area contributed by atoms with Crippen LogP contribution >= 0.6 is 0 Å². The van der Waals surface area contributed by atoms with Crippen molar-refractivity contribution in [1.82, 2.24) is 0 Å². The number of benzene rings is 3. The average Bonchev–Trinajstić information content (AvgIpc) is 2.89. The highest BCUT2D eigenvalue weighted by molar-refractivity contribution is 5.97. The molecule has 0 saturated carbocycles. The van der Waals surface area contributed by atoms with Gasteiger partial charge >= 0.3 is 5.97 Å². The Balaban J connectivity index is 1.30. The zero-order valence-electron chi connectivity index (χ0n) is 19.7. The fraction of sp³-hybridized carbons (Fsp3) is 0.310. The number of quaternary nitrogens is 1. The van der Waals surface area contributed by atoms with Crippen molar-refractivity contribution < 1.29 is 23.9 Å². The van der Waals surface area contributed by atoms with E-state index in [1.807, 2.05) is 60.7 Å². The average molecular weight is 472 g/mol. The Morgan fingerprint density at radius 3 is 2.20 bits per heavy atom. The number of hydrogen-bond donors (Lipinski definition) is 2. The van der Waals surface area contributed by atoms with E-state index in [9.17, 15) is 14.7 Å². The summed E-state index contributed by atoms with van der Waals surface area (Å²) in [6, 6.07) is 25.1. The van der Waals surface area contributed by atoms with Gasteiger partial charge in [-0.1, -0.05) is 48.5 Å². The molecule has 3 fully saturated rings. The molecular formula is C29H31N2O4+. The van der Waals surface area contributed by atoms with E-state index in [2.05, 4.69) is 5.32 Å². The summed E-state index contributed by atoms with van der Waals surface area (Å²) in [4.78, 5) is 26.5. The first-order valence-electron chi connectivity index (χ1n) is 12.3. The number of piperidine rings is 3. The van der Waals surface area contributed by atoms with Crippen LogP contribution in [0.4, 0.5) is 5.69 Å². The highest BCUT2D eigenvalue weighted by Gasteiger charge is 2.49. The van der Waals surface area contributed by atoms with Gasteiger partial charge < -0.3 is 19.6 Å². The van der Waals surface area contributed by atoms with Crippen LogP contribution in [0.3, 0.4) is 0 Å². The van der Waals surface area contributed by atoms with Crippen LogP contribution in [0.2, 0.25) is 0 Å². The second-order valence-electron chi connectivity index (χ2n) is 9.77. The number of rotatable bonds is 8. The molecule has 3 saturated heterocycles. The topological polar surface area (TPSA) is 75.6 Å². The molecule has 35 heavy (non-hydrogen) atoms. The molecule has 2 atom stereocenters. The molecule has 0 amide bonds. The number of esters is 1. The second kappa shape index (κ2) is 9.92. The van der Waals surface area contributed by atoms with Crippen molar-refractivity contribution in [3.8, 4) is 5.75 Å². The Labute approximate surface area is 205 Å². The molecule has 2 unspecified atom stereocenters. The number of ketones is 1. The molecule has 0 aromatic heterocycles. The number of anilines is 1. The molecule has 2 N–H and O–H groups in total. The minimum absolute atomic E-state index is 0.0586. The molecule has 180 valence electrons. The molecule has 6 heteroatoms. The number of Topliss-reactive ketones (excluding diaryl/α,β-unsaturated/α-hetero) is 1. The van der Waals surface area contributed by atoms with Gasteiger partial charge in [-0.3, -0.25) is 4.79 Å². The highest BCUT2D eigenvalue weighted by atomic mass is 16.5. The summed E-state index contributed by atoms with van der Waals surface area (Å²) < 4.78 is 6.83. The number of aromatic hydroxyl groups is 1. The number of para-hydroxylation sites is 1. The first-order valence-corrected chi connectivity index (χ1v) is 12.3. The molecular weight excluding hydrogens is 440 g/mol. The molecule has 0 aliphatic carbocycles. The molecule has 2 bridgehead atoms. The van der Waals surface area contributed by atoms with Crippen molar-refractivity contribution in [2.24, 2.45) is 5.92 Å². The number of carbonyl (C=O) groups is 2. The van der Waals surface area contributed by atoms with Crippen LogP contribution < -0.4 is 5.32 Å². The monoisotopic (exact) mass is 471 g/mol. The van der Waals surface area contributed by atoms with Crippen molar-refractivity contribution in [1.29, 1.82) is 0 Å². The van der Waals surface area contributed by atoms with E-state index >= 15 is 0 Å². The lowest BCUT2D eigenvalue weighted by Gasteiger charge is -2.51. The number of carbonyl (C=O) groups excluding carboxylic acids is 2. The SMILES string of the molecule is O=C(C[N+]12CCC(CC1)C(OC(=O)C(Nc1ccccc1)c1ccccc1)C2)c1ccc(O)cc1. The Morgan fingerprint density at radius 2 is 1.54 bits per heavy atom. The minimum atomic E-state index is -0.610. The smallest absolute Gasteiger partial charge is 0.333 e. The van der Waals surface area contributed by atoms with Gasteiger partial charge in [0.15, 0.2) is 12.1 Å². The van der Waals surface area contributed by atoms with Crippen molar-refractivity contribution >= 4 is 17.4 Å². The van der Waals surface area contributed by atoms with Crippen LogP contribution in [0.5, 0.6) is 5.75 Å². The molecule has 3 aliphatic rings. The number of hydrogen-bond acceptors (Lipinski definition) is 5. The lowest BCUT2D eigenvalue weighted by Crippen LogP contribution is -2.65. The van der Waals surface area contributed by atoms with Crippen LogP contribution in [0.1, 0.15) is 34.8 Å². The standard InChI is InChI=1S/C29H30N2O4/c32-25-13-11-21(12-14-25)26(33)19-31-17-15-22(16-18-31)27(20-31)35-29(34)28(23-7-3-1-4-8-23)30-24-9-5-2-6-10-24/h1-14,22,27-28,30H,15-20H2/p+1. The zero-order valence-corrected chi connectivity index (χ0v) is 19.7. The maximum atomic E-state index is 13.5. The van der Waals surface area contributed by atoms with Crippen molar-refractivity contribution in [2.75, 3.05) is 31.5 Å². The van der Waals surface area contributed by atoms with Gasteiger partial charge in [-0.05, 0) is 42.0 Å². The third-order valence-electron chi connectivity index (χ3n) is 7.43. The van der Waals surface area contributed by atoms with Crippen molar-refractivity contribution in [3.63, 3.8) is 0 Å². The number of nitrogens with one attached hydrogen (secondary N) is 1. The predicted octanol–water partition coefficient (Wildman–Crippen LogP) is 4.58. The third-order valence-corrected chi connectivity index (χ3v) is 7.43. The van der Waals surface area contributed by atoms with Gasteiger partial charge in [0.25, 0.3) is 0 Å². The Morgan fingerprint density at radius 1 is 0.914 bits per heavy atom. The minimum Gasteiger partial charge on any atom is -0.508 e. The highest BCUT2D eigenvalue weighted by Crippen LogP contribution is 2.37. The maximum absolute atomic E-state index is 13.5. The summed E-state index contributed by atoms with van der Waals surface area (Å²) in [5.74, 6) is 0.248. The van der Waals surface area contributed by atoms with Gasteiger partial charge in [0.05, 0.1) is 13.1 Å². The molecule has 3 heterocycles. The first kappa shape index (κ1) is 23.1. The van der Waals surface area contributed by atoms with Crippen LogP contribution in [0.25, 0.3) is 0 Å². The predicted molar refractivity (Wildman–Crippen MR) is 134 cm³/mol. The summed E-state index contributed by atoms with van der Waals surface area (Å²) in [6.07, 6.45) is 1.69. The van der Waals surface area contributed by atoms with Gasteiger partial charge in [-0.2, -0.15) is 0 Å². The quantitative estimate of drug-likeness (QED) is 0.286. The fourth-order valence-electron chi connectivity index (χ4n) is 5.46. The lowest BCUT2D eigenvalue weighted by atomic mass is 9.82. The fourth-order valence-corrected chi connectivity index (χ4v) is 5.46. The van der Waals surface area contributed by atoms with Crippen molar-refractivity contribution in [3.05, 3.63) is 96.1 Å². The number of fused-ring (bicyclic) bond motifs is 3. The number of nitrogens with zero attached hydrogens (tertiary/aromatic N) is 1. The summed E-state index contributed by atoms with van der Waals surface area (Å²) in [5, 5.41) is 12.9. The van der Waals surface area contributed by atoms with Gasteiger partial charge in [-0.25, -0.2) is 4.79 Å². The molecule has 3 aromatic rings. The third kappa shape index (κ3) is 5.23. The van der Waals surface area contributed by atoms with Gasteiger partial charge in [-0.15, -0.1) is 0 Å². The molecule has 6 rings (SSSR count). The Hall–Kier alpha value is -3.64. The second-order valence-corrected chi connectivity index (χ2v) is 9.77. The van der Waals surface area contributed by atoms with Gasteiger partial charge in [0.1, 0.15) is 18.8 Å². The maximum Gasteiger partial charge on any atom is 0.333 e. The van der Waals surface area contributed by atoms with E-state index in [0.717, 1.165) is 37.2 Å². The molecule has 0 spiro atoms. The molecule has 6 nitrogen and oxygen atoms in total. The van der Waals surface area contributed by atoms with Crippen molar-refractivity contribution in [2.45, 2.75) is 25.0 Å². The van der Waals surface area contributed by atoms with E-state index in [4.69, 9.17) is 4.74 Å². The van der Waals surface area contributed by atoms with Gasteiger partial charge in [0.2, 0.25) is 5.78 Å². The molecule has 3 aromatic carbocycles. The van der Waals surface area contributed by atoms with E-state index in [1.54, 1.807) is 24.3 Å². The number of phenols is 1. The van der Waals surface area contributed by atoms with E-state index < -0.39 is 6.04 Å². The molecule has 3 aliphatic heterocycles. The van der Waals surface area contributed by atoms with E-state index in [0.29, 0.717) is 29.1 Å². The van der Waals surface area contributed by atoms with Crippen LogP contribution in [0.15, 0.2) is 84.9 Å². The van der Waals surface area contributed by atoms with Crippen LogP contribution in [0, 0.1) is 5.92 Å². The first-order chi connectivity index (χ1) is 17.0. The van der Waals surface area contributed by atoms with Crippen LogP contribution in [-0.2, 0) is 9.53 Å². The summed E-state index contributed by atoms with van der Waals surface area (Å²) in [6.45, 7) is 2.89.